The van der Waals surface area contributed by atoms with E-state index in [1.54, 1.807) is 6.26 Å². The molecule has 0 unspecified atom stereocenters. The molecule has 3 nitrogen and oxygen atoms in total. The predicted octanol–water partition coefficient (Wildman–Crippen LogP) is 3.33. The van der Waals surface area contributed by atoms with Gasteiger partial charge in [-0.3, -0.25) is 0 Å². The van der Waals surface area contributed by atoms with Gasteiger partial charge >= 0.3 is 0 Å². The maximum absolute atomic E-state index is 5.60. The van der Waals surface area contributed by atoms with Gasteiger partial charge in [-0.15, -0.1) is 0 Å². The van der Waals surface area contributed by atoms with E-state index < -0.39 is 0 Å². The van der Waals surface area contributed by atoms with E-state index in [1.807, 2.05) is 6.07 Å². The number of hydrogen-bond acceptors (Lipinski definition) is 3. The third-order valence-electron chi connectivity index (χ3n) is 3.23. The molecule has 0 aliphatic heterocycles. The quantitative estimate of drug-likeness (QED) is 0.861. The van der Waals surface area contributed by atoms with Crippen LogP contribution in [0.4, 0.5) is 5.69 Å². The Hall–Kier alpha value is -1.74. The van der Waals surface area contributed by atoms with E-state index in [-0.39, 0.29) is 0 Å². The smallest absolute Gasteiger partial charge is 0.127 e. The van der Waals surface area contributed by atoms with Crippen molar-refractivity contribution in [3.8, 4) is 0 Å². The molecule has 0 aliphatic carbocycles. The summed E-state index contributed by atoms with van der Waals surface area (Å²) in [6.07, 6.45) is 1.77. The van der Waals surface area contributed by atoms with Crippen LogP contribution in [0.5, 0.6) is 0 Å². The molecule has 2 aromatic rings. The number of hydrogen-bond donors (Lipinski definition) is 1. The molecular weight excluding hydrogens is 236 g/mol. The van der Waals surface area contributed by atoms with Crippen molar-refractivity contribution in [2.24, 2.45) is 0 Å². The molecule has 2 rings (SSSR count). The third kappa shape index (κ3) is 3.61. The molecule has 1 heterocycles. The fourth-order valence-electron chi connectivity index (χ4n) is 2.10. The summed E-state index contributed by atoms with van der Waals surface area (Å²) in [5.74, 6) is 1.03. The molecule has 1 aromatic heterocycles. The zero-order valence-electron chi connectivity index (χ0n) is 11.9. The van der Waals surface area contributed by atoms with Crippen molar-refractivity contribution in [2.45, 2.75) is 26.9 Å². The second-order valence-corrected chi connectivity index (χ2v) is 4.84. The highest BCUT2D eigenvalue weighted by Gasteiger charge is 2.09. The van der Waals surface area contributed by atoms with Gasteiger partial charge < -0.3 is 14.6 Å². The number of benzene rings is 1. The molecule has 19 heavy (non-hydrogen) atoms. The average molecular weight is 258 g/mol. The molecule has 0 fully saturated rings. The van der Waals surface area contributed by atoms with Crippen molar-refractivity contribution in [2.75, 3.05) is 18.5 Å². The molecule has 0 atom stereocenters. The lowest BCUT2D eigenvalue weighted by molar-refractivity contribution is 0.500. The Balaban J connectivity index is 2.06. The van der Waals surface area contributed by atoms with Crippen LogP contribution in [0.15, 0.2) is 41.0 Å². The minimum atomic E-state index is 0.789. The molecule has 0 bridgehead atoms. The highest BCUT2D eigenvalue weighted by Crippen LogP contribution is 2.19. The van der Waals surface area contributed by atoms with Crippen LogP contribution >= 0.6 is 0 Å². The molecule has 0 spiro atoms. The lowest BCUT2D eigenvalue weighted by atomic mass is 10.2. The summed E-state index contributed by atoms with van der Waals surface area (Å²) in [6.45, 7) is 6.85. The van der Waals surface area contributed by atoms with Crippen molar-refractivity contribution in [3.63, 3.8) is 0 Å². The average Bonchev–Trinajstić information content (AvgIpc) is 2.83. The second-order valence-electron chi connectivity index (χ2n) is 4.84. The van der Waals surface area contributed by atoms with E-state index in [2.05, 4.69) is 55.4 Å². The summed E-state index contributed by atoms with van der Waals surface area (Å²) >= 11 is 0. The molecule has 102 valence electrons. The lowest BCUT2D eigenvalue weighted by Gasteiger charge is -2.19. The van der Waals surface area contributed by atoms with Crippen molar-refractivity contribution < 1.29 is 4.42 Å². The van der Waals surface area contributed by atoms with Gasteiger partial charge in [0.1, 0.15) is 5.76 Å². The molecule has 0 aliphatic rings. The van der Waals surface area contributed by atoms with E-state index in [0.717, 1.165) is 25.4 Å². The van der Waals surface area contributed by atoms with Crippen LogP contribution in [0.25, 0.3) is 0 Å². The molecular formula is C16H22N2O. The molecule has 0 saturated heterocycles. The Morgan fingerprint density at radius 2 is 2.11 bits per heavy atom. The zero-order valence-corrected chi connectivity index (χ0v) is 11.9. The first-order valence-electron chi connectivity index (χ1n) is 6.74. The summed E-state index contributed by atoms with van der Waals surface area (Å²) in [4.78, 5) is 2.21. The lowest BCUT2D eigenvalue weighted by Crippen LogP contribution is -2.18. The van der Waals surface area contributed by atoms with Gasteiger partial charge in [-0.2, -0.15) is 0 Å². The van der Waals surface area contributed by atoms with Gasteiger partial charge in [-0.05, 0) is 37.2 Å². The molecule has 3 heteroatoms. The monoisotopic (exact) mass is 258 g/mol. The first-order chi connectivity index (χ1) is 9.20. The van der Waals surface area contributed by atoms with E-state index in [4.69, 9.17) is 4.42 Å². The van der Waals surface area contributed by atoms with Gasteiger partial charge in [-0.25, -0.2) is 0 Å². The fourth-order valence-corrected chi connectivity index (χ4v) is 2.10. The number of furan rings is 1. The minimum Gasteiger partial charge on any atom is -0.467 e. The number of rotatable bonds is 6. The van der Waals surface area contributed by atoms with Gasteiger partial charge in [0.2, 0.25) is 0 Å². The van der Waals surface area contributed by atoms with Crippen LogP contribution in [0.1, 0.15) is 23.8 Å². The summed E-state index contributed by atoms with van der Waals surface area (Å²) < 4.78 is 5.60. The van der Waals surface area contributed by atoms with Crippen molar-refractivity contribution in [1.29, 1.82) is 0 Å². The molecule has 0 saturated carbocycles. The van der Waals surface area contributed by atoms with Crippen molar-refractivity contribution in [1.82, 2.24) is 5.32 Å². The molecule has 0 amide bonds. The zero-order chi connectivity index (χ0) is 13.7. The molecule has 1 N–H and O–H groups in total. The number of aryl methyl sites for hydroxylation is 1. The number of nitrogens with zero attached hydrogens (tertiary/aromatic N) is 1. The Morgan fingerprint density at radius 3 is 2.84 bits per heavy atom. The van der Waals surface area contributed by atoms with Gasteiger partial charge in [0, 0.05) is 24.8 Å². The number of nitrogens with one attached hydrogen (secondary N) is 1. The second kappa shape index (κ2) is 6.43. The summed E-state index contributed by atoms with van der Waals surface area (Å²) in [6, 6.07) is 10.6. The maximum atomic E-state index is 5.60. The van der Waals surface area contributed by atoms with Crippen molar-refractivity contribution in [3.05, 3.63) is 53.5 Å². The van der Waals surface area contributed by atoms with E-state index >= 15 is 0 Å². The number of anilines is 1. The van der Waals surface area contributed by atoms with Crippen LogP contribution in [-0.4, -0.2) is 13.6 Å². The minimum absolute atomic E-state index is 0.789. The maximum Gasteiger partial charge on any atom is 0.127 e. The Labute approximate surface area is 115 Å². The van der Waals surface area contributed by atoms with Gasteiger partial charge in [0.25, 0.3) is 0 Å². The van der Waals surface area contributed by atoms with Crippen LogP contribution in [-0.2, 0) is 13.1 Å². The third-order valence-corrected chi connectivity index (χ3v) is 3.23. The summed E-state index contributed by atoms with van der Waals surface area (Å²) in [5.41, 5.74) is 3.73. The molecule has 0 radical (unpaired) electrons. The largest absolute Gasteiger partial charge is 0.467 e. The Kier molecular flexibility index (Phi) is 4.63. The normalized spacial score (nSPS) is 10.7. The fraction of sp³-hybridized carbons (Fsp3) is 0.375. The van der Waals surface area contributed by atoms with Gasteiger partial charge in [0.05, 0.1) is 12.8 Å². The highest BCUT2D eigenvalue weighted by molar-refractivity contribution is 5.48. The van der Waals surface area contributed by atoms with E-state index in [0.29, 0.717) is 0 Å². The Bertz CT molecular complexity index is 519. The summed E-state index contributed by atoms with van der Waals surface area (Å²) in [5, 5.41) is 3.33. The first kappa shape index (κ1) is 13.7. The van der Waals surface area contributed by atoms with Crippen molar-refractivity contribution >= 4 is 5.69 Å². The van der Waals surface area contributed by atoms with E-state index in [1.165, 1.54) is 16.8 Å². The first-order valence-corrected chi connectivity index (χ1v) is 6.74. The van der Waals surface area contributed by atoms with Crippen LogP contribution in [0.2, 0.25) is 0 Å². The standard InChI is InChI=1S/C16H22N2O/c1-4-17-11-14-8-9-19-16(14)12-18(3)15-7-5-6-13(2)10-15/h5-10,17H,4,11-12H2,1-3H3. The Morgan fingerprint density at radius 1 is 1.26 bits per heavy atom. The van der Waals surface area contributed by atoms with Crippen LogP contribution in [0.3, 0.4) is 0 Å². The van der Waals surface area contributed by atoms with E-state index in [9.17, 15) is 0 Å². The SMILES string of the molecule is CCNCc1ccoc1CN(C)c1cccc(C)c1. The van der Waals surface area contributed by atoms with Gasteiger partial charge in [0.15, 0.2) is 0 Å². The van der Waals surface area contributed by atoms with Gasteiger partial charge in [-0.1, -0.05) is 19.1 Å². The molecule has 1 aromatic carbocycles. The van der Waals surface area contributed by atoms with Crippen LogP contribution < -0.4 is 10.2 Å². The van der Waals surface area contributed by atoms with Crippen LogP contribution in [0, 0.1) is 6.92 Å². The summed E-state index contributed by atoms with van der Waals surface area (Å²) in [7, 11) is 2.09. The topological polar surface area (TPSA) is 28.4 Å². The highest BCUT2D eigenvalue weighted by atomic mass is 16.3. The predicted molar refractivity (Wildman–Crippen MR) is 79.4 cm³/mol.